The molecule has 1 aromatic carbocycles. The van der Waals surface area contributed by atoms with Crippen LogP contribution in [-0.4, -0.2) is 27.3 Å². The van der Waals surface area contributed by atoms with Gasteiger partial charge in [0.05, 0.1) is 6.21 Å². The van der Waals surface area contributed by atoms with Gasteiger partial charge in [-0.1, -0.05) is 6.07 Å². The number of carbonyl (C=O) groups excluding carboxylic acids is 1. The minimum Gasteiger partial charge on any atom is -0.504 e. The van der Waals surface area contributed by atoms with Crippen LogP contribution in [0.3, 0.4) is 0 Å². The van der Waals surface area contributed by atoms with Gasteiger partial charge in [0.15, 0.2) is 11.5 Å². The molecular formula is C13H11N3O3. The van der Waals surface area contributed by atoms with Gasteiger partial charge in [-0.15, -0.1) is 0 Å². The topological polar surface area (TPSA) is 94.8 Å². The van der Waals surface area contributed by atoms with Crippen LogP contribution in [0.25, 0.3) is 0 Å². The Bertz CT molecular complexity index is 612. The Labute approximate surface area is 109 Å². The van der Waals surface area contributed by atoms with E-state index in [0.29, 0.717) is 5.56 Å². The lowest BCUT2D eigenvalue weighted by atomic mass is 10.2. The van der Waals surface area contributed by atoms with Gasteiger partial charge in [-0.25, -0.2) is 5.43 Å². The van der Waals surface area contributed by atoms with E-state index in [1.807, 2.05) is 0 Å². The lowest BCUT2D eigenvalue weighted by Crippen LogP contribution is -2.18. The number of benzene rings is 1. The maximum Gasteiger partial charge on any atom is 0.289 e. The van der Waals surface area contributed by atoms with Crippen molar-refractivity contribution in [3.8, 4) is 11.5 Å². The second-order valence-corrected chi connectivity index (χ2v) is 3.66. The molecule has 6 nitrogen and oxygen atoms in total. The number of phenolic OH excluding ortho intramolecular Hbond substituents is 2. The highest BCUT2D eigenvalue weighted by Gasteiger charge is 2.03. The number of nitrogens with one attached hydrogen (secondary N) is 1. The van der Waals surface area contributed by atoms with E-state index in [1.54, 1.807) is 24.3 Å². The predicted octanol–water partition coefficient (Wildman–Crippen LogP) is 1.26. The summed E-state index contributed by atoms with van der Waals surface area (Å²) < 4.78 is 0. The molecular weight excluding hydrogens is 246 g/mol. The number of pyridine rings is 1. The van der Waals surface area contributed by atoms with E-state index in [-0.39, 0.29) is 17.2 Å². The standard InChI is InChI=1S/C13H11N3O3/c17-11-5-4-9(7-12(11)18)8-15-16-13(19)10-3-1-2-6-14-10/h1-8,17-18H,(H,16,19)/b15-8+. The van der Waals surface area contributed by atoms with Crippen molar-refractivity contribution in [2.24, 2.45) is 5.10 Å². The number of rotatable bonds is 3. The molecule has 2 rings (SSSR count). The molecule has 0 aliphatic carbocycles. The number of carbonyl (C=O) groups is 1. The number of aromatic nitrogens is 1. The second-order valence-electron chi connectivity index (χ2n) is 3.66. The van der Waals surface area contributed by atoms with Crippen LogP contribution < -0.4 is 5.43 Å². The van der Waals surface area contributed by atoms with Gasteiger partial charge in [-0.3, -0.25) is 9.78 Å². The highest BCUT2D eigenvalue weighted by molar-refractivity contribution is 5.93. The van der Waals surface area contributed by atoms with Crippen LogP contribution in [0.4, 0.5) is 0 Å². The first-order valence-electron chi connectivity index (χ1n) is 5.43. The van der Waals surface area contributed by atoms with Gasteiger partial charge in [0.2, 0.25) is 0 Å². The third kappa shape index (κ3) is 3.29. The number of nitrogens with zero attached hydrogens (tertiary/aromatic N) is 2. The van der Waals surface area contributed by atoms with Crippen LogP contribution >= 0.6 is 0 Å². The van der Waals surface area contributed by atoms with E-state index in [1.165, 1.54) is 24.5 Å². The van der Waals surface area contributed by atoms with Gasteiger partial charge in [0, 0.05) is 6.20 Å². The van der Waals surface area contributed by atoms with Crippen LogP contribution in [0.15, 0.2) is 47.7 Å². The van der Waals surface area contributed by atoms with Crippen molar-refractivity contribution in [1.82, 2.24) is 10.4 Å². The average molecular weight is 257 g/mol. The Morgan fingerprint density at radius 1 is 1.21 bits per heavy atom. The van der Waals surface area contributed by atoms with Gasteiger partial charge in [0.25, 0.3) is 5.91 Å². The third-order valence-corrected chi connectivity index (χ3v) is 2.28. The molecule has 1 amide bonds. The molecule has 0 fully saturated rings. The highest BCUT2D eigenvalue weighted by Crippen LogP contribution is 2.23. The fourth-order valence-electron chi connectivity index (χ4n) is 1.34. The van der Waals surface area contributed by atoms with Crippen molar-refractivity contribution < 1.29 is 15.0 Å². The molecule has 0 aliphatic heterocycles. The Morgan fingerprint density at radius 3 is 2.74 bits per heavy atom. The smallest absolute Gasteiger partial charge is 0.289 e. The number of aromatic hydroxyl groups is 2. The van der Waals surface area contributed by atoms with E-state index >= 15 is 0 Å². The molecule has 0 saturated heterocycles. The van der Waals surface area contributed by atoms with Crippen LogP contribution in [-0.2, 0) is 0 Å². The quantitative estimate of drug-likeness (QED) is 0.438. The zero-order valence-electron chi connectivity index (χ0n) is 9.82. The van der Waals surface area contributed by atoms with Gasteiger partial charge >= 0.3 is 0 Å². The molecule has 0 radical (unpaired) electrons. The first-order valence-corrected chi connectivity index (χ1v) is 5.43. The largest absolute Gasteiger partial charge is 0.504 e. The van der Waals surface area contributed by atoms with E-state index in [9.17, 15) is 9.90 Å². The molecule has 2 aromatic rings. The summed E-state index contributed by atoms with van der Waals surface area (Å²) in [6, 6.07) is 9.18. The van der Waals surface area contributed by atoms with E-state index in [4.69, 9.17) is 5.11 Å². The fraction of sp³-hybridized carbons (Fsp3) is 0. The summed E-state index contributed by atoms with van der Waals surface area (Å²) in [7, 11) is 0. The Balaban J connectivity index is 2.00. The Hall–Kier alpha value is -2.89. The summed E-state index contributed by atoms with van der Waals surface area (Å²) in [6.07, 6.45) is 2.86. The maximum atomic E-state index is 11.6. The second kappa shape index (κ2) is 5.63. The highest BCUT2D eigenvalue weighted by atomic mass is 16.3. The predicted molar refractivity (Wildman–Crippen MR) is 69.1 cm³/mol. The van der Waals surface area contributed by atoms with E-state index in [2.05, 4.69) is 15.5 Å². The molecule has 1 heterocycles. The van der Waals surface area contributed by atoms with Crippen molar-refractivity contribution in [3.63, 3.8) is 0 Å². The van der Waals surface area contributed by atoms with E-state index in [0.717, 1.165) is 0 Å². The van der Waals surface area contributed by atoms with Crippen LogP contribution in [0.2, 0.25) is 0 Å². The van der Waals surface area contributed by atoms with Gasteiger partial charge in [-0.2, -0.15) is 5.10 Å². The summed E-state index contributed by atoms with van der Waals surface area (Å²) in [4.78, 5) is 15.5. The number of amides is 1. The molecule has 6 heteroatoms. The van der Waals surface area contributed by atoms with Crippen molar-refractivity contribution in [2.75, 3.05) is 0 Å². The number of phenols is 2. The van der Waals surface area contributed by atoms with Gasteiger partial charge in [-0.05, 0) is 35.9 Å². The normalized spacial score (nSPS) is 10.5. The lowest BCUT2D eigenvalue weighted by Gasteiger charge is -1.99. The molecule has 0 saturated carbocycles. The van der Waals surface area contributed by atoms with Crippen molar-refractivity contribution in [2.45, 2.75) is 0 Å². The minimum absolute atomic E-state index is 0.213. The van der Waals surface area contributed by atoms with Gasteiger partial charge < -0.3 is 10.2 Å². The summed E-state index contributed by atoms with van der Waals surface area (Å²) in [6.45, 7) is 0. The van der Waals surface area contributed by atoms with Crippen molar-refractivity contribution >= 4 is 12.1 Å². The van der Waals surface area contributed by atoms with E-state index < -0.39 is 5.91 Å². The Kier molecular flexibility index (Phi) is 3.72. The average Bonchev–Trinajstić information content (AvgIpc) is 2.43. The van der Waals surface area contributed by atoms with Gasteiger partial charge in [0.1, 0.15) is 5.69 Å². The molecule has 0 unspecified atom stereocenters. The Morgan fingerprint density at radius 2 is 2.05 bits per heavy atom. The first kappa shape index (κ1) is 12.6. The molecule has 1 aromatic heterocycles. The molecule has 0 spiro atoms. The van der Waals surface area contributed by atoms with Crippen molar-refractivity contribution in [1.29, 1.82) is 0 Å². The summed E-state index contributed by atoms with van der Waals surface area (Å²) in [5.74, 6) is -0.894. The summed E-state index contributed by atoms with van der Waals surface area (Å²) >= 11 is 0. The zero-order chi connectivity index (χ0) is 13.7. The summed E-state index contributed by atoms with van der Waals surface area (Å²) in [5, 5.41) is 22.1. The van der Waals surface area contributed by atoms with Crippen molar-refractivity contribution in [3.05, 3.63) is 53.9 Å². The minimum atomic E-state index is -0.431. The molecule has 0 aliphatic rings. The molecule has 0 bridgehead atoms. The molecule has 0 atom stereocenters. The van der Waals surface area contributed by atoms with Crippen LogP contribution in [0.1, 0.15) is 16.1 Å². The van der Waals surface area contributed by atoms with Crippen LogP contribution in [0.5, 0.6) is 11.5 Å². The molecule has 19 heavy (non-hydrogen) atoms. The fourth-order valence-corrected chi connectivity index (χ4v) is 1.34. The number of hydrazone groups is 1. The first-order chi connectivity index (χ1) is 9.16. The monoisotopic (exact) mass is 257 g/mol. The molecule has 96 valence electrons. The third-order valence-electron chi connectivity index (χ3n) is 2.28. The number of hydrogen-bond donors (Lipinski definition) is 3. The van der Waals surface area contributed by atoms with Crippen LogP contribution in [0, 0.1) is 0 Å². The zero-order valence-corrected chi connectivity index (χ0v) is 9.82. The maximum absolute atomic E-state index is 11.6. The molecule has 3 N–H and O–H groups in total. The summed E-state index contributed by atoms with van der Waals surface area (Å²) in [5.41, 5.74) is 3.10. The SMILES string of the molecule is O=C(N/N=C/c1ccc(O)c(O)c1)c1ccccn1. The number of hydrogen-bond acceptors (Lipinski definition) is 5. The lowest BCUT2D eigenvalue weighted by molar-refractivity contribution is 0.0950.